The van der Waals surface area contributed by atoms with Gasteiger partial charge in [-0.15, -0.1) is 5.73 Å². The highest BCUT2D eigenvalue weighted by Crippen LogP contribution is 2.41. The Morgan fingerprint density at radius 3 is 2.62 bits per heavy atom. The first-order valence-corrected chi connectivity index (χ1v) is 4.79. The molecule has 0 N–H and O–H groups in total. The lowest BCUT2D eigenvalue weighted by Gasteiger charge is -2.06. The second-order valence-corrected chi connectivity index (χ2v) is 3.68. The molecule has 1 aromatic carbocycles. The minimum atomic E-state index is 0.735. The molecule has 0 amide bonds. The van der Waals surface area contributed by atoms with E-state index in [1.54, 1.807) is 0 Å². The molecule has 2 rings (SSSR count). The molecule has 1 aromatic rings. The molecular weight excluding hydrogens is 156 g/mol. The average molecular weight is 170 g/mol. The van der Waals surface area contributed by atoms with E-state index in [9.17, 15) is 0 Å². The fourth-order valence-corrected chi connectivity index (χ4v) is 1.71. The van der Waals surface area contributed by atoms with Crippen molar-refractivity contribution in [2.75, 3.05) is 0 Å². The molecule has 1 saturated carbocycles. The summed E-state index contributed by atoms with van der Waals surface area (Å²) in [6.45, 7) is 5.93. The fourth-order valence-electron chi connectivity index (χ4n) is 1.71. The van der Waals surface area contributed by atoms with E-state index in [1.807, 2.05) is 0 Å². The number of rotatable bonds is 2. The molecule has 1 aliphatic rings. The maximum absolute atomic E-state index is 3.78. The van der Waals surface area contributed by atoms with Crippen LogP contribution < -0.4 is 0 Å². The lowest BCUT2D eigenvalue weighted by Crippen LogP contribution is -1.88. The molecule has 0 spiro atoms. The third kappa shape index (κ3) is 1.59. The zero-order valence-electron chi connectivity index (χ0n) is 8.01. The Morgan fingerprint density at radius 2 is 2.08 bits per heavy atom. The fraction of sp³-hybridized carbons (Fsp3) is 0.308. The monoisotopic (exact) mass is 170 g/mol. The molecule has 0 aliphatic heterocycles. The first-order valence-electron chi connectivity index (χ1n) is 4.79. The lowest BCUT2D eigenvalue weighted by atomic mass is 9.98. The van der Waals surface area contributed by atoms with Gasteiger partial charge < -0.3 is 0 Å². The molecule has 0 nitrogen and oxygen atoms in total. The van der Waals surface area contributed by atoms with Crippen molar-refractivity contribution >= 4 is 5.57 Å². The molecule has 0 saturated heterocycles. The summed E-state index contributed by atoms with van der Waals surface area (Å²) in [7, 11) is 0. The molecule has 1 fully saturated rings. The Morgan fingerprint density at radius 1 is 1.38 bits per heavy atom. The molecule has 0 heteroatoms. The Hall–Kier alpha value is -1.26. The highest BCUT2D eigenvalue weighted by molar-refractivity contribution is 5.70. The van der Waals surface area contributed by atoms with Crippen LogP contribution in [0.25, 0.3) is 5.57 Å². The maximum Gasteiger partial charge on any atom is 0.00394 e. The highest BCUT2D eigenvalue weighted by atomic mass is 14.3. The predicted octanol–water partition coefficient (Wildman–Crippen LogP) is 3.57. The third-order valence-corrected chi connectivity index (χ3v) is 2.61. The number of aryl methyl sites for hydroxylation is 1. The van der Waals surface area contributed by atoms with Gasteiger partial charge in [-0.25, -0.2) is 0 Å². The normalized spacial score (nSPS) is 15.2. The number of benzene rings is 1. The van der Waals surface area contributed by atoms with Gasteiger partial charge in [-0.3, -0.25) is 0 Å². The quantitative estimate of drug-likeness (QED) is 0.595. The number of hydrogen-bond acceptors (Lipinski definition) is 0. The summed E-state index contributed by atoms with van der Waals surface area (Å²) >= 11 is 0. The van der Waals surface area contributed by atoms with Gasteiger partial charge >= 0.3 is 0 Å². The zero-order valence-corrected chi connectivity index (χ0v) is 8.01. The van der Waals surface area contributed by atoms with Crippen LogP contribution in [0.5, 0.6) is 0 Å². The summed E-state index contributed by atoms with van der Waals surface area (Å²) in [5, 5.41) is 0. The van der Waals surface area contributed by atoms with Crippen LogP contribution in [-0.2, 0) is 0 Å². The van der Waals surface area contributed by atoms with Crippen LogP contribution in [0.4, 0.5) is 0 Å². The highest BCUT2D eigenvalue weighted by Gasteiger charge is 2.27. The molecule has 0 radical (unpaired) electrons. The predicted molar refractivity (Wildman–Crippen MR) is 56.5 cm³/mol. The third-order valence-electron chi connectivity index (χ3n) is 2.61. The second kappa shape index (κ2) is 3.24. The molecule has 0 bridgehead atoms. The topological polar surface area (TPSA) is 0 Å². The van der Waals surface area contributed by atoms with Crippen LogP contribution in [-0.4, -0.2) is 0 Å². The Balaban J connectivity index is 2.43. The summed E-state index contributed by atoms with van der Waals surface area (Å²) < 4.78 is 0. The number of allylic oxidation sites excluding steroid dienone is 1. The maximum atomic E-state index is 3.78. The smallest absolute Gasteiger partial charge is 0.00394 e. The van der Waals surface area contributed by atoms with Gasteiger partial charge in [-0.2, -0.15) is 0 Å². The van der Waals surface area contributed by atoms with Crippen molar-refractivity contribution in [2.45, 2.75) is 19.8 Å². The van der Waals surface area contributed by atoms with E-state index in [-0.39, 0.29) is 0 Å². The zero-order chi connectivity index (χ0) is 9.26. The average Bonchev–Trinajstić information content (AvgIpc) is 2.93. The second-order valence-electron chi connectivity index (χ2n) is 3.68. The van der Waals surface area contributed by atoms with Gasteiger partial charge in [0.25, 0.3) is 0 Å². The van der Waals surface area contributed by atoms with Gasteiger partial charge in [0.2, 0.25) is 0 Å². The Labute approximate surface area is 79.6 Å². The van der Waals surface area contributed by atoms with Gasteiger partial charge in [-0.05, 0) is 36.8 Å². The summed E-state index contributed by atoms with van der Waals surface area (Å²) in [6.07, 6.45) is 2.62. The molecule has 0 heterocycles. The van der Waals surface area contributed by atoms with Gasteiger partial charge in [0.15, 0.2) is 0 Å². The molecule has 13 heavy (non-hydrogen) atoms. The van der Waals surface area contributed by atoms with Crippen LogP contribution in [0.15, 0.2) is 36.6 Å². The van der Waals surface area contributed by atoms with Crippen molar-refractivity contribution in [3.63, 3.8) is 0 Å². The summed E-state index contributed by atoms with van der Waals surface area (Å²) in [4.78, 5) is 0. The van der Waals surface area contributed by atoms with Crippen molar-refractivity contribution in [2.24, 2.45) is 5.92 Å². The van der Waals surface area contributed by atoms with Gasteiger partial charge in [-0.1, -0.05) is 30.8 Å². The molecule has 1 aliphatic carbocycles. The Kier molecular flexibility index (Phi) is 2.08. The summed E-state index contributed by atoms with van der Waals surface area (Å²) in [6, 6.07) is 8.48. The van der Waals surface area contributed by atoms with Crippen LogP contribution in [0, 0.1) is 12.8 Å². The van der Waals surface area contributed by atoms with Crippen LogP contribution in [0.1, 0.15) is 24.0 Å². The van der Waals surface area contributed by atoms with E-state index in [2.05, 4.69) is 43.5 Å². The van der Waals surface area contributed by atoms with E-state index in [1.165, 1.54) is 29.5 Å². The molecular formula is C13H14. The van der Waals surface area contributed by atoms with E-state index >= 15 is 0 Å². The van der Waals surface area contributed by atoms with Crippen LogP contribution in [0.2, 0.25) is 0 Å². The lowest BCUT2D eigenvalue weighted by molar-refractivity contribution is 1.14. The van der Waals surface area contributed by atoms with E-state index < -0.39 is 0 Å². The molecule has 0 aromatic heterocycles. The van der Waals surface area contributed by atoms with E-state index in [0.717, 1.165) is 5.92 Å². The first-order chi connectivity index (χ1) is 6.33. The van der Waals surface area contributed by atoms with Crippen molar-refractivity contribution in [1.82, 2.24) is 0 Å². The van der Waals surface area contributed by atoms with E-state index in [0.29, 0.717) is 0 Å². The Bertz CT molecular complexity index is 363. The summed E-state index contributed by atoms with van der Waals surface area (Å²) in [5.41, 5.74) is 7.07. The van der Waals surface area contributed by atoms with Crippen molar-refractivity contribution in [1.29, 1.82) is 0 Å². The molecule has 0 atom stereocenters. The van der Waals surface area contributed by atoms with Crippen LogP contribution >= 0.6 is 0 Å². The van der Waals surface area contributed by atoms with Gasteiger partial charge in [0, 0.05) is 5.57 Å². The largest absolute Gasteiger partial charge is 0.124 e. The van der Waals surface area contributed by atoms with E-state index in [4.69, 9.17) is 0 Å². The van der Waals surface area contributed by atoms with Crippen molar-refractivity contribution in [3.05, 3.63) is 47.7 Å². The minimum Gasteiger partial charge on any atom is -0.124 e. The minimum absolute atomic E-state index is 0.735. The standard InChI is InChI=1S/C13H14/c1-3-12(11-8-9-11)13-7-5-4-6-10(13)2/h4-7,11H,1,8-9H2,2H3. The SMILES string of the molecule is C=C=C(c1ccccc1C)C1CC1. The molecule has 66 valence electrons. The number of hydrogen-bond donors (Lipinski definition) is 0. The summed E-state index contributed by atoms with van der Waals surface area (Å²) in [5.74, 6) is 0.735. The molecule has 0 unspecified atom stereocenters. The van der Waals surface area contributed by atoms with Crippen molar-refractivity contribution in [3.8, 4) is 0 Å². The van der Waals surface area contributed by atoms with Crippen molar-refractivity contribution < 1.29 is 0 Å². The van der Waals surface area contributed by atoms with Crippen LogP contribution in [0.3, 0.4) is 0 Å². The van der Waals surface area contributed by atoms with Gasteiger partial charge in [0.1, 0.15) is 0 Å². The first kappa shape index (κ1) is 8.34. The van der Waals surface area contributed by atoms with Gasteiger partial charge in [0.05, 0.1) is 0 Å².